The van der Waals surface area contributed by atoms with Crippen molar-refractivity contribution >= 4 is 44.4 Å². The van der Waals surface area contributed by atoms with Crippen molar-refractivity contribution in [2.75, 3.05) is 12.4 Å². The van der Waals surface area contributed by atoms with Crippen molar-refractivity contribution in [2.45, 2.75) is 32.2 Å². The average Bonchev–Trinajstić information content (AvgIpc) is 3.02. The van der Waals surface area contributed by atoms with Gasteiger partial charge in [-0.05, 0) is 25.0 Å². The molecule has 1 aromatic heterocycles. The summed E-state index contributed by atoms with van der Waals surface area (Å²) in [5.74, 6) is -0.247. The van der Waals surface area contributed by atoms with Crippen LogP contribution >= 0.6 is 27.3 Å². The van der Waals surface area contributed by atoms with Gasteiger partial charge in [0.2, 0.25) is 5.13 Å². The third-order valence-corrected chi connectivity index (χ3v) is 5.03. The first-order valence-corrected chi connectivity index (χ1v) is 9.31. The predicted molar refractivity (Wildman–Crippen MR) is 99.6 cm³/mol. The number of anilines is 1. The van der Waals surface area contributed by atoms with Crippen molar-refractivity contribution in [3.63, 3.8) is 0 Å². The number of rotatable bonds is 7. The molecule has 0 aliphatic heterocycles. The topological polar surface area (TPSA) is 93.2 Å². The van der Waals surface area contributed by atoms with Gasteiger partial charge in [-0.15, -0.1) is 10.2 Å². The van der Waals surface area contributed by atoms with E-state index in [1.807, 2.05) is 31.2 Å². The van der Waals surface area contributed by atoms with E-state index in [2.05, 4.69) is 41.5 Å². The van der Waals surface area contributed by atoms with Crippen molar-refractivity contribution in [3.8, 4) is 0 Å². The van der Waals surface area contributed by atoms with Crippen molar-refractivity contribution in [3.05, 3.63) is 39.3 Å². The molecular weight excluding hydrogens is 408 g/mol. The summed E-state index contributed by atoms with van der Waals surface area (Å²) in [4.78, 5) is 23.2. The maximum atomic E-state index is 12.1. The standard InChI is InChI=1S/C16H19BrN4O3S/c1-10(11-6-3-4-7-12(11)17)18-15(23)19-16-21-20-13(25-16)8-5-9-14(22)24-2/h3-4,6-7,10H,5,8-9H2,1-2H3,(H2,18,19,21,23). The monoisotopic (exact) mass is 426 g/mol. The van der Waals surface area contributed by atoms with E-state index in [1.54, 1.807) is 0 Å². The first-order valence-electron chi connectivity index (χ1n) is 7.70. The average molecular weight is 427 g/mol. The van der Waals surface area contributed by atoms with Gasteiger partial charge in [0.05, 0.1) is 13.2 Å². The molecule has 1 aromatic carbocycles. The Morgan fingerprint density at radius 3 is 2.80 bits per heavy atom. The second kappa shape index (κ2) is 9.47. The van der Waals surface area contributed by atoms with E-state index in [1.165, 1.54) is 18.4 Å². The van der Waals surface area contributed by atoms with Gasteiger partial charge in [-0.1, -0.05) is 45.5 Å². The molecular formula is C16H19BrN4O3S. The van der Waals surface area contributed by atoms with Crippen LogP contribution in [0.2, 0.25) is 0 Å². The van der Waals surface area contributed by atoms with E-state index in [0.29, 0.717) is 24.4 Å². The number of benzene rings is 1. The number of amides is 2. The number of urea groups is 1. The van der Waals surface area contributed by atoms with Crippen LogP contribution in [0.1, 0.15) is 36.4 Å². The number of nitrogens with one attached hydrogen (secondary N) is 2. The van der Waals surface area contributed by atoms with Crippen molar-refractivity contribution in [1.29, 1.82) is 0 Å². The van der Waals surface area contributed by atoms with Gasteiger partial charge in [0.15, 0.2) is 0 Å². The van der Waals surface area contributed by atoms with Gasteiger partial charge < -0.3 is 10.1 Å². The number of esters is 1. The molecule has 0 saturated heterocycles. The lowest BCUT2D eigenvalue weighted by Crippen LogP contribution is -2.31. The van der Waals surface area contributed by atoms with Gasteiger partial charge in [0.25, 0.3) is 0 Å². The quantitative estimate of drug-likeness (QED) is 0.658. The van der Waals surface area contributed by atoms with Crippen LogP contribution in [0, 0.1) is 0 Å². The molecule has 25 heavy (non-hydrogen) atoms. The molecule has 7 nitrogen and oxygen atoms in total. The number of nitrogens with zero attached hydrogens (tertiary/aromatic N) is 2. The number of ether oxygens (including phenoxy) is 1. The molecule has 2 aromatic rings. The fourth-order valence-electron chi connectivity index (χ4n) is 2.13. The molecule has 134 valence electrons. The zero-order chi connectivity index (χ0) is 18.2. The minimum atomic E-state index is -0.347. The molecule has 2 rings (SSSR count). The third-order valence-electron chi connectivity index (χ3n) is 3.41. The summed E-state index contributed by atoms with van der Waals surface area (Å²) >= 11 is 4.76. The first-order chi connectivity index (χ1) is 12.0. The summed E-state index contributed by atoms with van der Waals surface area (Å²) < 4.78 is 5.52. The van der Waals surface area contributed by atoms with Crippen molar-refractivity contribution in [2.24, 2.45) is 0 Å². The van der Waals surface area contributed by atoms with E-state index in [-0.39, 0.29) is 18.0 Å². The van der Waals surface area contributed by atoms with Gasteiger partial charge in [-0.3, -0.25) is 10.1 Å². The van der Waals surface area contributed by atoms with Crippen LogP contribution in [0.5, 0.6) is 0 Å². The Kier molecular flexibility index (Phi) is 7.32. The van der Waals surface area contributed by atoms with E-state index in [9.17, 15) is 9.59 Å². The summed E-state index contributed by atoms with van der Waals surface area (Å²) in [6.45, 7) is 1.90. The van der Waals surface area contributed by atoms with Gasteiger partial charge in [0, 0.05) is 17.3 Å². The van der Waals surface area contributed by atoms with Crippen LogP contribution in [0.15, 0.2) is 28.7 Å². The lowest BCUT2D eigenvalue weighted by molar-refractivity contribution is -0.140. The summed E-state index contributed by atoms with van der Waals surface area (Å²) in [7, 11) is 1.36. The Hall–Kier alpha value is -2.00. The number of aromatic nitrogens is 2. The SMILES string of the molecule is COC(=O)CCCc1nnc(NC(=O)NC(C)c2ccccc2Br)s1. The minimum Gasteiger partial charge on any atom is -0.469 e. The molecule has 2 amide bonds. The summed E-state index contributed by atoms with van der Waals surface area (Å²) in [5, 5.41) is 14.7. The molecule has 9 heteroatoms. The molecule has 0 aliphatic carbocycles. The third kappa shape index (κ3) is 6.09. The molecule has 0 aliphatic rings. The highest BCUT2D eigenvalue weighted by Crippen LogP contribution is 2.23. The van der Waals surface area contributed by atoms with Gasteiger partial charge in [-0.25, -0.2) is 4.79 Å². The molecule has 0 spiro atoms. The van der Waals surface area contributed by atoms with Gasteiger partial charge in [0.1, 0.15) is 5.01 Å². The maximum absolute atomic E-state index is 12.1. The van der Waals surface area contributed by atoms with Gasteiger partial charge in [-0.2, -0.15) is 0 Å². The normalized spacial score (nSPS) is 11.6. The van der Waals surface area contributed by atoms with Crippen LogP contribution < -0.4 is 10.6 Å². The highest BCUT2D eigenvalue weighted by atomic mass is 79.9. The van der Waals surface area contributed by atoms with Gasteiger partial charge >= 0.3 is 12.0 Å². The second-order valence-corrected chi connectivity index (χ2v) is 7.19. The minimum absolute atomic E-state index is 0.164. The molecule has 2 N–H and O–H groups in total. The molecule has 1 unspecified atom stereocenters. The summed E-state index contributed by atoms with van der Waals surface area (Å²) in [5.41, 5.74) is 0.985. The lowest BCUT2D eigenvalue weighted by Gasteiger charge is -2.15. The summed E-state index contributed by atoms with van der Waals surface area (Å²) in [6.07, 6.45) is 1.58. The Labute approximate surface area is 158 Å². The zero-order valence-electron chi connectivity index (χ0n) is 13.9. The summed E-state index contributed by atoms with van der Waals surface area (Å²) in [6, 6.07) is 7.20. The van der Waals surface area contributed by atoms with Crippen LogP contribution in [-0.4, -0.2) is 29.3 Å². The van der Waals surface area contributed by atoms with Crippen LogP contribution in [0.25, 0.3) is 0 Å². The molecule has 0 fully saturated rings. The number of hydrogen-bond donors (Lipinski definition) is 2. The lowest BCUT2D eigenvalue weighted by atomic mass is 10.1. The first kappa shape index (κ1) is 19.3. The predicted octanol–water partition coefficient (Wildman–Crippen LogP) is 3.68. The highest BCUT2D eigenvalue weighted by Gasteiger charge is 2.14. The maximum Gasteiger partial charge on any atom is 0.321 e. The highest BCUT2D eigenvalue weighted by molar-refractivity contribution is 9.10. The fourth-order valence-corrected chi connectivity index (χ4v) is 3.53. The van der Waals surface area contributed by atoms with E-state index in [4.69, 9.17) is 0 Å². The Bertz CT molecular complexity index is 738. The van der Waals surface area contributed by atoms with E-state index < -0.39 is 0 Å². The number of methoxy groups -OCH3 is 1. The van der Waals surface area contributed by atoms with E-state index >= 15 is 0 Å². The van der Waals surface area contributed by atoms with Crippen LogP contribution in [0.4, 0.5) is 9.93 Å². The van der Waals surface area contributed by atoms with E-state index in [0.717, 1.165) is 15.0 Å². The van der Waals surface area contributed by atoms with Crippen molar-refractivity contribution < 1.29 is 14.3 Å². The molecule has 0 radical (unpaired) electrons. The Morgan fingerprint density at radius 2 is 2.08 bits per heavy atom. The fraction of sp³-hybridized carbons (Fsp3) is 0.375. The number of hydrogen-bond acceptors (Lipinski definition) is 6. The number of carbonyl (C=O) groups excluding carboxylic acids is 2. The zero-order valence-corrected chi connectivity index (χ0v) is 16.3. The molecule has 0 bridgehead atoms. The molecule has 0 saturated carbocycles. The van der Waals surface area contributed by atoms with Crippen molar-refractivity contribution in [1.82, 2.24) is 15.5 Å². The Balaban J connectivity index is 1.83. The number of aryl methyl sites for hydroxylation is 1. The van der Waals surface area contributed by atoms with Crippen LogP contribution in [-0.2, 0) is 16.0 Å². The number of halogens is 1. The number of carbonyl (C=O) groups is 2. The molecule has 1 atom stereocenters. The second-order valence-electron chi connectivity index (χ2n) is 5.27. The smallest absolute Gasteiger partial charge is 0.321 e. The Morgan fingerprint density at radius 1 is 1.32 bits per heavy atom. The molecule has 1 heterocycles. The largest absolute Gasteiger partial charge is 0.469 e. The van der Waals surface area contributed by atoms with Crippen LogP contribution in [0.3, 0.4) is 0 Å².